The van der Waals surface area contributed by atoms with Crippen molar-refractivity contribution in [2.45, 2.75) is 6.10 Å². The Morgan fingerprint density at radius 2 is 2.06 bits per heavy atom. The Morgan fingerprint density at radius 1 is 1.35 bits per heavy atom. The molecule has 0 fully saturated rings. The summed E-state index contributed by atoms with van der Waals surface area (Å²) in [6.45, 7) is 0. The minimum absolute atomic E-state index is 0.0979. The Kier molecular flexibility index (Phi) is 3.35. The quantitative estimate of drug-likeness (QED) is 0.747. The van der Waals surface area contributed by atoms with Gasteiger partial charge < -0.3 is 4.74 Å². The Labute approximate surface area is 100 Å². The molecule has 0 spiro atoms. The number of aryl methyl sites for hydroxylation is 1. The van der Waals surface area contributed by atoms with Crippen LogP contribution in [0.25, 0.3) is 0 Å². The SMILES string of the molecule is CO[C@@H](C(=O)n1cc[n+](C)c1)c1ccccc1. The van der Waals surface area contributed by atoms with Gasteiger partial charge in [0.15, 0.2) is 6.10 Å². The van der Waals surface area contributed by atoms with Gasteiger partial charge >= 0.3 is 5.91 Å². The third-order valence-corrected chi connectivity index (χ3v) is 2.59. The van der Waals surface area contributed by atoms with E-state index in [0.29, 0.717) is 0 Å². The van der Waals surface area contributed by atoms with Crippen molar-refractivity contribution in [1.29, 1.82) is 0 Å². The maximum absolute atomic E-state index is 12.2. The Bertz CT molecular complexity index is 505. The first-order valence-electron chi connectivity index (χ1n) is 5.37. The fraction of sp³-hybridized carbons (Fsp3) is 0.231. The van der Waals surface area contributed by atoms with Crippen molar-refractivity contribution >= 4 is 5.91 Å². The molecule has 0 radical (unpaired) electrons. The van der Waals surface area contributed by atoms with Crippen LogP contribution < -0.4 is 4.57 Å². The van der Waals surface area contributed by atoms with Crippen LogP contribution >= 0.6 is 0 Å². The van der Waals surface area contributed by atoms with Gasteiger partial charge in [-0.1, -0.05) is 30.3 Å². The predicted molar refractivity (Wildman–Crippen MR) is 62.4 cm³/mol. The monoisotopic (exact) mass is 231 g/mol. The summed E-state index contributed by atoms with van der Waals surface area (Å²) in [4.78, 5) is 12.2. The number of nitrogens with zero attached hydrogens (tertiary/aromatic N) is 2. The van der Waals surface area contributed by atoms with Crippen molar-refractivity contribution in [3.63, 3.8) is 0 Å². The highest BCUT2D eigenvalue weighted by molar-refractivity contribution is 5.84. The molecule has 0 unspecified atom stereocenters. The van der Waals surface area contributed by atoms with Gasteiger partial charge in [-0.3, -0.25) is 0 Å². The van der Waals surface area contributed by atoms with Crippen LogP contribution in [0.1, 0.15) is 16.5 Å². The molecule has 2 aromatic rings. The number of aromatic nitrogens is 2. The maximum Gasteiger partial charge on any atom is 0.347 e. The fourth-order valence-electron chi connectivity index (χ4n) is 1.72. The van der Waals surface area contributed by atoms with Crippen LogP contribution in [-0.4, -0.2) is 17.6 Å². The summed E-state index contributed by atoms with van der Waals surface area (Å²) < 4.78 is 8.63. The molecule has 1 atom stereocenters. The van der Waals surface area contributed by atoms with Crippen LogP contribution in [0.4, 0.5) is 0 Å². The lowest BCUT2D eigenvalue weighted by atomic mass is 10.1. The predicted octanol–water partition coefficient (Wildman–Crippen LogP) is 1.34. The van der Waals surface area contributed by atoms with Crippen LogP contribution in [0.5, 0.6) is 0 Å². The average Bonchev–Trinajstić information content (AvgIpc) is 2.78. The number of carbonyl (C=O) groups excluding carboxylic acids is 1. The zero-order valence-corrected chi connectivity index (χ0v) is 9.91. The van der Waals surface area contributed by atoms with Crippen molar-refractivity contribution in [2.24, 2.45) is 7.05 Å². The molecule has 4 nitrogen and oxygen atoms in total. The number of hydrogen-bond donors (Lipinski definition) is 0. The van der Waals surface area contributed by atoms with Crippen LogP contribution in [0.2, 0.25) is 0 Å². The summed E-state index contributed by atoms with van der Waals surface area (Å²) in [5.74, 6) is -0.0979. The van der Waals surface area contributed by atoms with Gasteiger partial charge in [-0.05, 0) is 5.56 Å². The number of imidazole rings is 1. The molecular formula is C13H15N2O2+. The van der Waals surface area contributed by atoms with Gasteiger partial charge in [0, 0.05) is 7.11 Å². The number of rotatable bonds is 3. The molecule has 17 heavy (non-hydrogen) atoms. The molecular weight excluding hydrogens is 216 g/mol. The minimum Gasteiger partial charge on any atom is -0.364 e. The summed E-state index contributed by atoms with van der Waals surface area (Å²) in [5.41, 5.74) is 0.858. The molecule has 0 amide bonds. The van der Waals surface area contributed by atoms with Crippen molar-refractivity contribution in [2.75, 3.05) is 7.11 Å². The summed E-state index contributed by atoms with van der Waals surface area (Å²) in [7, 11) is 3.41. The standard InChI is InChI=1S/C13H15N2O2/c1-14-8-9-15(10-14)13(16)12(17-2)11-6-4-3-5-7-11/h3-10,12H,1-2H3/q+1/t12-/m1/s1. The Morgan fingerprint density at radius 3 is 2.59 bits per heavy atom. The van der Waals surface area contributed by atoms with Crippen molar-refractivity contribution in [3.8, 4) is 0 Å². The number of carbonyl (C=O) groups is 1. The third kappa shape index (κ3) is 2.42. The van der Waals surface area contributed by atoms with Gasteiger partial charge in [-0.2, -0.15) is 4.57 Å². The van der Waals surface area contributed by atoms with E-state index in [9.17, 15) is 4.79 Å². The first-order valence-corrected chi connectivity index (χ1v) is 5.37. The van der Waals surface area contributed by atoms with Crippen LogP contribution in [0, 0.1) is 0 Å². The lowest BCUT2D eigenvalue weighted by Crippen LogP contribution is -2.27. The summed E-state index contributed by atoms with van der Waals surface area (Å²) in [6.07, 6.45) is 4.69. The van der Waals surface area contributed by atoms with Gasteiger partial charge in [0.2, 0.25) is 0 Å². The summed E-state index contributed by atoms with van der Waals surface area (Å²) in [5, 5.41) is 0. The molecule has 4 heteroatoms. The van der Waals surface area contributed by atoms with E-state index in [1.165, 1.54) is 4.57 Å². The molecule has 0 aliphatic rings. The zero-order chi connectivity index (χ0) is 12.3. The van der Waals surface area contributed by atoms with Crippen LogP contribution in [-0.2, 0) is 11.8 Å². The van der Waals surface area contributed by atoms with E-state index in [-0.39, 0.29) is 5.91 Å². The van der Waals surface area contributed by atoms with E-state index in [0.717, 1.165) is 5.56 Å². The van der Waals surface area contributed by atoms with Gasteiger partial charge in [0.1, 0.15) is 12.4 Å². The van der Waals surface area contributed by atoms with E-state index >= 15 is 0 Å². The van der Waals surface area contributed by atoms with E-state index in [2.05, 4.69) is 0 Å². The van der Waals surface area contributed by atoms with Crippen LogP contribution in [0.3, 0.4) is 0 Å². The molecule has 0 bridgehead atoms. The zero-order valence-electron chi connectivity index (χ0n) is 9.91. The molecule has 1 aromatic carbocycles. The molecule has 0 saturated heterocycles. The molecule has 1 heterocycles. The smallest absolute Gasteiger partial charge is 0.347 e. The van der Waals surface area contributed by atoms with Gasteiger partial charge in [0.25, 0.3) is 6.33 Å². The number of benzene rings is 1. The number of hydrogen-bond acceptors (Lipinski definition) is 2. The van der Waals surface area contributed by atoms with E-state index in [1.807, 2.05) is 48.1 Å². The van der Waals surface area contributed by atoms with E-state index < -0.39 is 6.10 Å². The molecule has 0 aliphatic carbocycles. The second-order valence-electron chi connectivity index (χ2n) is 3.85. The lowest BCUT2D eigenvalue weighted by Gasteiger charge is -2.11. The second kappa shape index (κ2) is 4.93. The number of ether oxygens (including phenoxy) is 1. The second-order valence-corrected chi connectivity index (χ2v) is 3.85. The molecule has 1 aromatic heterocycles. The summed E-state index contributed by atoms with van der Waals surface area (Å²) in [6, 6.07) is 9.47. The minimum atomic E-state index is -0.566. The van der Waals surface area contributed by atoms with Gasteiger partial charge in [-0.15, -0.1) is 0 Å². The lowest BCUT2D eigenvalue weighted by molar-refractivity contribution is -0.670. The molecule has 0 saturated carbocycles. The normalized spacial score (nSPS) is 12.4. The number of methoxy groups -OCH3 is 1. The molecule has 88 valence electrons. The third-order valence-electron chi connectivity index (χ3n) is 2.59. The molecule has 0 N–H and O–H groups in total. The fourth-order valence-corrected chi connectivity index (χ4v) is 1.72. The molecule has 2 rings (SSSR count). The van der Waals surface area contributed by atoms with Crippen molar-refractivity contribution in [1.82, 2.24) is 4.57 Å². The average molecular weight is 231 g/mol. The Hall–Kier alpha value is -1.94. The highest BCUT2D eigenvalue weighted by Gasteiger charge is 2.25. The maximum atomic E-state index is 12.2. The topological polar surface area (TPSA) is 35.1 Å². The van der Waals surface area contributed by atoms with Gasteiger partial charge in [0.05, 0.1) is 7.05 Å². The van der Waals surface area contributed by atoms with E-state index in [4.69, 9.17) is 4.74 Å². The Balaban J connectivity index is 2.28. The van der Waals surface area contributed by atoms with Crippen LogP contribution in [0.15, 0.2) is 49.1 Å². The van der Waals surface area contributed by atoms with Gasteiger partial charge in [-0.25, -0.2) is 9.36 Å². The largest absolute Gasteiger partial charge is 0.364 e. The first-order chi connectivity index (χ1) is 8.22. The highest BCUT2D eigenvalue weighted by Crippen LogP contribution is 2.18. The molecule has 0 aliphatic heterocycles. The highest BCUT2D eigenvalue weighted by atomic mass is 16.5. The van der Waals surface area contributed by atoms with E-state index in [1.54, 1.807) is 19.6 Å². The van der Waals surface area contributed by atoms with Crippen molar-refractivity contribution in [3.05, 3.63) is 54.6 Å². The summed E-state index contributed by atoms with van der Waals surface area (Å²) >= 11 is 0. The van der Waals surface area contributed by atoms with Crippen molar-refractivity contribution < 1.29 is 14.1 Å². The first kappa shape index (κ1) is 11.5.